The van der Waals surface area contributed by atoms with Crippen molar-refractivity contribution >= 4 is 5.91 Å². The Morgan fingerprint density at radius 1 is 1.14 bits per heavy atom. The molecule has 7 heteroatoms. The van der Waals surface area contributed by atoms with Crippen molar-refractivity contribution in [2.24, 2.45) is 5.92 Å². The Morgan fingerprint density at radius 2 is 1.82 bits per heavy atom. The molecule has 1 aromatic heterocycles. The molecule has 122 valence electrons. The largest absolute Gasteiger partial charge is 0.417 e. The Morgan fingerprint density at radius 3 is 2.41 bits per heavy atom. The zero-order valence-corrected chi connectivity index (χ0v) is 13.5. The van der Waals surface area contributed by atoms with Crippen LogP contribution in [0.15, 0.2) is 4.42 Å². The minimum Gasteiger partial charge on any atom is -0.417 e. The highest BCUT2D eigenvalue weighted by atomic mass is 16.4. The van der Waals surface area contributed by atoms with E-state index < -0.39 is 0 Å². The van der Waals surface area contributed by atoms with Gasteiger partial charge in [-0.3, -0.25) is 9.69 Å². The van der Waals surface area contributed by atoms with Crippen molar-refractivity contribution in [1.29, 1.82) is 0 Å². The van der Waals surface area contributed by atoms with Crippen LogP contribution in [0.5, 0.6) is 0 Å². The van der Waals surface area contributed by atoms with Crippen LogP contribution in [-0.2, 0) is 0 Å². The van der Waals surface area contributed by atoms with Crippen molar-refractivity contribution in [2.45, 2.75) is 19.8 Å². The molecule has 0 atom stereocenters. The smallest absolute Gasteiger partial charge is 0.311 e. The Kier molecular flexibility index (Phi) is 4.73. The number of carbonyl (C=O) groups excluding carboxylic acids is 1. The fraction of sp³-hybridized carbons (Fsp3) is 0.800. The highest BCUT2D eigenvalue weighted by Gasteiger charge is 2.27. The molecule has 1 amide bonds. The first-order valence-corrected chi connectivity index (χ1v) is 8.12. The first kappa shape index (κ1) is 15.4. The number of piperidine rings is 1. The minimum atomic E-state index is -0.139. The van der Waals surface area contributed by atoms with E-state index in [-0.39, 0.29) is 11.8 Å². The number of nitrogens with zero attached hydrogens (tertiary/aromatic N) is 5. The molecule has 2 aliphatic rings. The van der Waals surface area contributed by atoms with Gasteiger partial charge in [-0.25, -0.2) is 0 Å². The van der Waals surface area contributed by atoms with Gasteiger partial charge in [0.05, 0.1) is 0 Å². The second-order valence-electron chi connectivity index (χ2n) is 6.47. The fourth-order valence-corrected chi connectivity index (χ4v) is 3.26. The normalized spacial score (nSPS) is 22.2. The predicted molar refractivity (Wildman–Crippen MR) is 81.6 cm³/mol. The van der Waals surface area contributed by atoms with E-state index in [9.17, 15) is 4.79 Å². The van der Waals surface area contributed by atoms with Crippen LogP contribution >= 0.6 is 0 Å². The number of hydrogen-bond acceptors (Lipinski definition) is 6. The summed E-state index contributed by atoms with van der Waals surface area (Å²) in [6.07, 6.45) is 2.58. The maximum atomic E-state index is 12.3. The zero-order valence-electron chi connectivity index (χ0n) is 13.5. The minimum absolute atomic E-state index is 0.112. The molecular formula is C15H25N5O2. The molecular weight excluding hydrogens is 282 g/mol. The van der Waals surface area contributed by atoms with Crippen LogP contribution in [0.3, 0.4) is 0 Å². The predicted octanol–water partition coefficient (Wildman–Crippen LogP) is 0.478. The summed E-state index contributed by atoms with van der Waals surface area (Å²) in [7, 11) is 2.19. The number of amides is 1. The van der Waals surface area contributed by atoms with Gasteiger partial charge in [0, 0.05) is 39.6 Å². The van der Waals surface area contributed by atoms with Crippen LogP contribution in [0.4, 0.5) is 0 Å². The summed E-state index contributed by atoms with van der Waals surface area (Å²) in [5, 5.41) is 7.54. The molecule has 0 radical (unpaired) electrons. The maximum Gasteiger partial charge on any atom is 0.311 e. The topological polar surface area (TPSA) is 65.7 Å². The van der Waals surface area contributed by atoms with E-state index in [4.69, 9.17) is 4.42 Å². The van der Waals surface area contributed by atoms with Crippen LogP contribution in [0.1, 0.15) is 29.4 Å². The third-order valence-electron chi connectivity index (χ3n) is 4.72. The molecule has 3 rings (SSSR count). The van der Waals surface area contributed by atoms with E-state index >= 15 is 0 Å². The van der Waals surface area contributed by atoms with Gasteiger partial charge in [-0.1, -0.05) is 0 Å². The highest BCUT2D eigenvalue weighted by molar-refractivity contribution is 5.89. The summed E-state index contributed by atoms with van der Waals surface area (Å²) in [6, 6.07) is 0. The van der Waals surface area contributed by atoms with Gasteiger partial charge in [0.1, 0.15) is 0 Å². The van der Waals surface area contributed by atoms with Crippen molar-refractivity contribution in [3.8, 4) is 0 Å². The van der Waals surface area contributed by atoms with Crippen molar-refractivity contribution in [3.63, 3.8) is 0 Å². The molecule has 0 bridgehead atoms. The quantitative estimate of drug-likeness (QED) is 0.809. The lowest BCUT2D eigenvalue weighted by molar-refractivity contribution is 0.0557. The van der Waals surface area contributed by atoms with Crippen LogP contribution in [0, 0.1) is 12.8 Å². The number of rotatable bonds is 3. The van der Waals surface area contributed by atoms with Gasteiger partial charge in [0.15, 0.2) is 0 Å². The number of hydrogen-bond donors (Lipinski definition) is 0. The second kappa shape index (κ2) is 6.75. The summed E-state index contributed by atoms with van der Waals surface area (Å²) < 4.78 is 5.23. The zero-order chi connectivity index (χ0) is 15.5. The molecule has 0 saturated carbocycles. The van der Waals surface area contributed by atoms with Gasteiger partial charge in [0.2, 0.25) is 5.89 Å². The Balaban J connectivity index is 1.45. The van der Waals surface area contributed by atoms with Crippen molar-refractivity contribution in [2.75, 3.05) is 52.9 Å². The van der Waals surface area contributed by atoms with Gasteiger partial charge in [-0.15, -0.1) is 10.2 Å². The second-order valence-corrected chi connectivity index (χ2v) is 6.47. The molecule has 0 unspecified atom stereocenters. The number of carbonyl (C=O) groups is 1. The molecule has 0 aliphatic carbocycles. The summed E-state index contributed by atoms with van der Waals surface area (Å²) in [4.78, 5) is 19.0. The summed E-state index contributed by atoms with van der Waals surface area (Å²) in [6.45, 7) is 8.63. The Bertz CT molecular complexity index is 502. The van der Waals surface area contributed by atoms with Crippen molar-refractivity contribution in [1.82, 2.24) is 24.9 Å². The van der Waals surface area contributed by atoms with Gasteiger partial charge in [-0.2, -0.15) is 0 Å². The van der Waals surface area contributed by atoms with Gasteiger partial charge in [-0.05, 0) is 38.9 Å². The van der Waals surface area contributed by atoms with E-state index in [1.54, 1.807) is 6.92 Å². The molecule has 2 fully saturated rings. The third kappa shape index (κ3) is 3.64. The van der Waals surface area contributed by atoms with E-state index in [0.29, 0.717) is 5.89 Å². The van der Waals surface area contributed by atoms with Crippen LogP contribution < -0.4 is 0 Å². The van der Waals surface area contributed by atoms with E-state index in [2.05, 4.69) is 27.0 Å². The number of likely N-dealkylation sites (tertiary alicyclic amines) is 1. The fourth-order valence-electron chi connectivity index (χ4n) is 3.26. The molecule has 0 spiro atoms. The lowest BCUT2D eigenvalue weighted by Crippen LogP contribution is -2.50. The van der Waals surface area contributed by atoms with Gasteiger partial charge in [0.25, 0.3) is 0 Å². The molecule has 2 aliphatic heterocycles. The van der Waals surface area contributed by atoms with Crippen molar-refractivity contribution in [3.05, 3.63) is 11.8 Å². The molecule has 7 nitrogen and oxygen atoms in total. The van der Waals surface area contributed by atoms with E-state index in [0.717, 1.165) is 38.6 Å². The number of aromatic nitrogens is 2. The Labute approximate surface area is 131 Å². The lowest BCUT2D eigenvalue weighted by Gasteiger charge is -2.37. The van der Waals surface area contributed by atoms with Crippen LogP contribution in [0.2, 0.25) is 0 Å². The van der Waals surface area contributed by atoms with Crippen LogP contribution in [-0.4, -0.2) is 83.7 Å². The monoisotopic (exact) mass is 307 g/mol. The number of aryl methyl sites for hydroxylation is 1. The molecule has 2 saturated heterocycles. The van der Waals surface area contributed by atoms with Gasteiger partial charge >= 0.3 is 11.8 Å². The van der Waals surface area contributed by atoms with Crippen LogP contribution in [0.25, 0.3) is 0 Å². The highest BCUT2D eigenvalue weighted by Crippen LogP contribution is 2.18. The van der Waals surface area contributed by atoms with Gasteiger partial charge < -0.3 is 14.2 Å². The maximum absolute atomic E-state index is 12.3. The molecule has 0 aromatic carbocycles. The van der Waals surface area contributed by atoms with E-state index in [1.165, 1.54) is 25.9 Å². The Hall–Kier alpha value is -1.47. The standard InChI is InChI=1S/C15H25N5O2/c1-12-16-17-14(22-12)15(21)20-9-7-19(8-10-20)11-13-3-5-18(2)6-4-13/h13H,3-11H2,1-2H3. The summed E-state index contributed by atoms with van der Waals surface area (Å²) in [5.74, 6) is 1.21. The lowest BCUT2D eigenvalue weighted by atomic mass is 9.96. The van der Waals surface area contributed by atoms with E-state index in [1.807, 2.05) is 4.90 Å². The third-order valence-corrected chi connectivity index (χ3v) is 4.72. The number of piperazine rings is 1. The summed E-state index contributed by atoms with van der Waals surface area (Å²) >= 11 is 0. The summed E-state index contributed by atoms with van der Waals surface area (Å²) in [5.41, 5.74) is 0. The SMILES string of the molecule is Cc1nnc(C(=O)N2CCN(CC3CCN(C)CC3)CC2)o1. The molecule has 3 heterocycles. The molecule has 0 N–H and O–H groups in total. The average molecular weight is 307 g/mol. The first-order valence-electron chi connectivity index (χ1n) is 8.12. The van der Waals surface area contributed by atoms with Crippen molar-refractivity contribution < 1.29 is 9.21 Å². The average Bonchev–Trinajstić information content (AvgIpc) is 2.96. The first-order chi connectivity index (χ1) is 10.6. The molecule has 1 aromatic rings. The molecule has 22 heavy (non-hydrogen) atoms.